The Hall–Kier alpha value is -3.01. The maximum Gasteiger partial charge on any atom is 0.138 e. The number of carbonyl (C=O) groups excluding carboxylic acids is 1. The van der Waals surface area contributed by atoms with E-state index in [1.807, 2.05) is 37.3 Å². The Kier molecular flexibility index (Phi) is 8.34. The highest BCUT2D eigenvalue weighted by atomic mass is 16.3. The van der Waals surface area contributed by atoms with Crippen LogP contribution in [-0.4, -0.2) is 20.9 Å². The van der Waals surface area contributed by atoms with Crippen molar-refractivity contribution in [1.82, 2.24) is 9.97 Å². The molecule has 0 atom stereocenters. The van der Waals surface area contributed by atoms with Crippen LogP contribution in [0.4, 0.5) is 0 Å². The number of phenols is 1. The summed E-state index contributed by atoms with van der Waals surface area (Å²) in [5, 5.41) is 9.61. The molecule has 0 aliphatic carbocycles. The number of hydrogen-bond acceptors (Lipinski definition) is 4. The Morgan fingerprint density at radius 2 is 1.58 bits per heavy atom. The van der Waals surface area contributed by atoms with Crippen molar-refractivity contribution in [2.45, 2.75) is 65.2 Å². The van der Waals surface area contributed by atoms with Crippen LogP contribution in [0.25, 0.3) is 11.3 Å². The Bertz CT molecular complexity index is 982. The van der Waals surface area contributed by atoms with Gasteiger partial charge in [0.1, 0.15) is 11.5 Å². The van der Waals surface area contributed by atoms with Crippen LogP contribution in [0.5, 0.6) is 5.75 Å². The predicted octanol–water partition coefficient (Wildman–Crippen LogP) is 6.22. The number of aromatic hydroxyl groups is 1. The molecule has 0 bridgehead atoms. The van der Waals surface area contributed by atoms with Crippen molar-refractivity contribution in [2.75, 3.05) is 0 Å². The Morgan fingerprint density at radius 1 is 0.871 bits per heavy atom. The molecule has 0 aliphatic heterocycles. The number of aromatic nitrogens is 2. The number of rotatable bonds is 11. The molecule has 4 heteroatoms. The minimum Gasteiger partial charge on any atom is -0.508 e. The summed E-state index contributed by atoms with van der Waals surface area (Å²) in [6.07, 6.45) is 7.28. The zero-order valence-electron chi connectivity index (χ0n) is 18.6. The second kappa shape index (κ2) is 11.4. The van der Waals surface area contributed by atoms with Gasteiger partial charge < -0.3 is 5.11 Å². The average molecular weight is 417 g/mol. The summed E-state index contributed by atoms with van der Waals surface area (Å²) >= 11 is 0. The lowest BCUT2D eigenvalue weighted by molar-refractivity contribution is -0.118. The lowest BCUT2D eigenvalue weighted by atomic mass is 10.0. The number of benzene rings is 2. The van der Waals surface area contributed by atoms with E-state index in [9.17, 15) is 9.90 Å². The molecule has 0 aliphatic rings. The molecule has 3 rings (SSSR count). The molecule has 1 aromatic heterocycles. The van der Waals surface area contributed by atoms with Gasteiger partial charge in [-0.1, -0.05) is 62.9 Å². The smallest absolute Gasteiger partial charge is 0.138 e. The molecule has 0 radical (unpaired) electrons. The van der Waals surface area contributed by atoms with Crippen LogP contribution in [0.3, 0.4) is 0 Å². The van der Waals surface area contributed by atoms with E-state index in [4.69, 9.17) is 9.97 Å². The van der Waals surface area contributed by atoms with Crippen molar-refractivity contribution in [2.24, 2.45) is 0 Å². The number of phenolic OH excluding ortho intramolecular Hbond substituents is 1. The third-order valence-corrected chi connectivity index (χ3v) is 5.50. The fourth-order valence-electron chi connectivity index (χ4n) is 3.77. The Morgan fingerprint density at radius 3 is 2.29 bits per heavy atom. The zero-order valence-corrected chi connectivity index (χ0v) is 18.6. The standard InChI is InChI=1S/C27H32N2O2/c1-3-4-5-6-10-13-24(31)19-26-25(18-21-11-8-7-9-12-21)29-27(20(2)28-26)22-14-16-23(30)17-15-22/h7-9,11-12,14-17,30H,3-6,10,13,18-19H2,1-2H3. The fourth-order valence-corrected chi connectivity index (χ4v) is 3.77. The van der Waals surface area contributed by atoms with E-state index in [0.717, 1.165) is 46.7 Å². The Labute approximate surface area is 185 Å². The number of Topliss-reactive ketones (excluding diaryl/α,β-unsaturated/α-hetero) is 1. The van der Waals surface area contributed by atoms with E-state index < -0.39 is 0 Å². The molecule has 1 N–H and O–H groups in total. The maximum atomic E-state index is 12.7. The van der Waals surface area contributed by atoms with Crippen molar-refractivity contribution in [3.05, 3.63) is 77.2 Å². The summed E-state index contributed by atoms with van der Waals surface area (Å²) in [6, 6.07) is 17.2. The topological polar surface area (TPSA) is 63.1 Å². The van der Waals surface area contributed by atoms with Gasteiger partial charge in [0.25, 0.3) is 0 Å². The summed E-state index contributed by atoms with van der Waals surface area (Å²) in [4.78, 5) is 22.4. The lowest BCUT2D eigenvalue weighted by Crippen LogP contribution is -2.12. The molecule has 4 nitrogen and oxygen atoms in total. The second-order valence-electron chi connectivity index (χ2n) is 8.14. The molecule has 0 fully saturated rings. The van der Waals surface area contributed by atoms with Crippen molar-refractivity contribution < 1.29 is 9.90 Å². The van der Waals surface area contributed by atoms with Gasteiger partial charge in [0.05, 0.1) is 29.2 Å². The molecule has 162 valence electrons. The average Bonchev–Trinajstić information content (AvgIpc) is 2.77. The van der Waals surface area contributed by atoms with Crippen LogP contribution in [0.2, 0.25) is 0 Å². The second-order valence-corrected chi connectivity index (χ2v) is 8.14. The molecule has 31 heavy (non-hydrogen) atoms. The van der Waals surface area contributed by atoms with Crippen LogP contribution in [-0.2, 0) is 17.6 Å². The highest BCUT2D eigenvalue weighted by molar-refractivity contribution is 5.80. The largest absolute Gasteiger partial charge is 0.508 e. The van der Waals surface area contributed by atoms with Gasteiger partial charge in [0, 0.05) is 18.4 Å². The van der Waals surface area contributed by atoms with Crippen molar-refractivity contribution in [3.63, 3.8) is 0 Å². The SMILES string of the molecule is CCCCCCCC(=O)Cc1nc(C)c(-c2ccc(O)cc2)nc1Cc1ccccc1. The van der Waals surface area contributed by atoms with E-state index in [-0.39, 0.29) is 11.5 Å². The van der Waals surface area contributed by atoms with Crippen LogP contribution >= 0.6 is 0 Å². The molecular weight excluding hydrogens is 384 g/mol. The molecule has 0 unspecified atom stereocenters. The van der Waals surface area contributed by atoms with Crippen molar-refractivity contribution in [1.29, 1.82) is 0 Å². The quantitative estimate of drug-likeness (QED) is 0.377. The van der Waals surface area contributed by atoms with Crippen molar-refractivity contribution >= 4 is 5.78 Å². The molecule has 3 aromatic rings. The lowest BCUT2D eigenvalue weighted by Gasteiger charge is -2.13. The highest BCUT2D eigenvalue weighted by Gasteiger charge is 2.16. The van der Waals surface area contributed by atoms with Gasteiger partial charge in [-0.2, -0.15) is 0 Å². The van der Waals surface area contributed by atoms with Gasteiger partial charge >= 0.3 is 0 Å². The minimum absolute atomic E-state index is 0.222. The van der Waals surface area contributed by atoms with E-state index >= 15 is 0 Å². The third-order valence-electron chi connectivity index (χ3n) is 5.50. The van der Waals surface area contributed by atoms with Crippen LogP contribution in [0.1, 0.15) is 68.1 Å². The maximum absolute atomic E-state index is 12.7. The van der Waals surface area contributed by atoms with Gasteiger partial charge in [0.2, 0.25) is 0 Å². The van der Waals surface area contributed by atoms with Crippen LogP contribution < -0.4 is 0 Å². The molecule has 0 saturated heterocycles. The predicted molar refractivity (Wildman–Crippen MR) is 125 cm³/mol. The number of nitrogens with zero attached hydrogens (tertiary/aromatic N) is 2. The van der Waals surface area contributed by atoms with E-state index in [1.54, 1.807) is 12.1 Å². The van der Waals surface area contributed by atoms with E-state index in [1.165, 1.54) is 19.3 Å². The van der Waals surface area contributed by atoms with Gasteiger partial charge in [-0.05, 0) is 43.2 Å². The highest BCUT2D eigenvalue weighted by Crippen LogP contribution is 2.25. The van der Waals surface area contributed by atoms with Crippen LogP contribution in [0, 0.1) is 6.92 Å². The van der Waals surface area contributed by atoms with E-state index in [2.05, 4.69) is 19.1 Å². The van der Waals surface area contributed by atoms with Crippen LogP contribution in [0.15, 0.2) is 54.6 Å². The van der Waals surface area contributed by atoms with Gasteiger partial charge in [-0.15, -0.1) is 0 Å². The number of unbranched alkanes of at least 4 members (excludes halogenated alkanes) is 4. The van der Waals surface area contributed by atoms with Gasteiger partial charge in [0.15, 0.2) is 0 Å². The van der Waals surface area contributed by atoms with E-state index in [0.29, 0.717) is 19.3 Å². The zero-order chi connectivity index (χ0) is 22.1. The van der Waals surface area contributed by atoms with Gasteiger partial charge in [-0.3, -0.25) is 9.78 Å². The molecule has 2 aromatic carbocycles. The first-order chi connectivity index (χ1) is 15.1. The number of ketones is 1. The Balaban J connectivity index is 1.83. The van der Waals surface area contributed by atoms with Gasteiger partial charge in [-0.25, -0.2) is 4.98 Å². The molecular formula is C27H32N2O2. The summed E-state index contributed by atoms with van der Waals surface area (Å²) in [6.45, 7) is 4.13. The summed E-state index contributed by atoms with van der Waals surface area (Å²) in [7, 11) is 0. The summed E-state index contributed by atoms with van der Waals surface area (Å²) in [5.41, 5.74) is 5.27. The van der Waals surface area contributed by atoms with Crippen molar-refractivity contribution in [3.8, 4) is 17.0 Å². The number of aryl methyl sites for hydroxylation is 1. The first-order valence-electron chi connectivity index (χ1n) is 11.3. The number of hydrogen-bond donors (Lipinski definition) is 1. The number of carbonyl (C=O) groups is 1. The first kappa shape index (κ1) is 22.7. The third kappa shape index (κ3) is 6.74. The molecule has 1 heterocycles. The molecule has 0 amide bonds. The first-order valence-corrected chi connectivity index (χ1v) is 11.3. The molecule has 0 spiro atoms. The molecule has 0 saturated carbocycles. The summed E-state index contributed by atoms with van der Waals surface area (Å²) < 4.78 is 0. The fraction of sp³-hybridized carbons (Fsp3) is 0.370. The monoisotopic (exact) mass is 416 g/mol. The normalized spacial score (nSPS) is 10.9. The summed E-state index contributed by atoms with van der Waals surface area (Å²) in [5.74, 6) is 0.455. The minimum atomic E-state index is 0.222.